The number of azo groups is 2. The molecule has 0 spiro atoms. The lowest BCUT2D eigenvalue weighted by molar-refractivity contribution is -0.434. The van der Waals surface area contributed by atoms with Gasteiger partial charge in [-0.15, -0.1) is 24.0 Å². The Hall–Kier alpha value is -3.44. The van der Waals surface area contributed by atoms with Crippen molar-refractivity contribution < 1.29 is 80.4 Å². The van der Waals surface area contributed by atoms with E-state index in [-0.39, 0.29) is 56.1 Å². The van der Waals surface area contributed by atoms with Crippen molar-refractivity contribution in [2.24, 2.45) is 20.5 Å². The number of rotatable bonds is 20. The maximum atomic E-state index is 12.7. The Morgan fingerprint density at radius 2 is 1.30 bits per heavy atom. The molecule has 0 aromatic heterocycles. The largest absolute Gasteiger partial charge is 0.397 e. The Morgan fingerprint density at radius 3 is 1.91 bits per heavy atom. The summed E-state index contributed by atoms with van der Waals surface area (Å²) in [5, 5.41) is 39.5. The van der Waals surface area contributed by atoms with Crippen LogP contribution in [0.25, 0.3) is 0 Å². The maximum absolute atomic E-state index is 12.7. The molecule has 24 nitrogen and oxygen atoms in total. The molecule has 0 fully saturated rings. The van der Waals surface area contributed by atoms with Crippen LogP contribution in [0.3, 0.4) is 0 Å². The number of anilines is 2. The van der Waals surface area contributed by atoms with Crippen LogP contribution in [0.15, 0.2) is 82.5 Å². The molecule has 0 bridgehead atoms. The fraction of sp³-hybridized carbons (Fsp3) is 0.217. The molecule has 30 heteroatoms. The second kappa shape index (κ2) is 18.7. The maximum Gasteiger partial charge on any atom is 0.397 e. The normalized spacial score (nSPS) is 13.0. The van der Waals surface area contributed by atoms with Gasteiger partial charge in [0.05, 0.1) is 68.5 Å². The van der Waals surface area contributed by atoms with Crippen molar-refractivity contribution in [2.45, 2.75) is 26.5 Å². The smallest absolute Gasteiger partial charge is 0.397 e. The van der Waals surface area contributed by atoms with E-state index in [9.17, 15) is 38.2 Å². The first kappa shape index (κ1) is 44.0. The fourth-order valence-electron chi connectivity index (χ4n) is 3.82. The number of nitrogens with two attached hydrogens (primary N) is 2. The van der Waals surface area contributed by atoms with Crippen molar-refractivity contribution in [1.82, 2.24) is 0 Å². The minimum absolute atomic E-state index is 0.0506. The van der Waals surface area contributed by atoms with Gasteiger partial charge in [0, 0.05) is 0 Å². The first-order chi connectivity index (χ1) is 24.7. The van der Waals surface area contributed by atoms with Crippen LogP contribution < -0.4 is 11.5 Å². The van der Waals surface area contributed by atoms with Crippen LogP contribution in [0, 0.1) is 6.92 Å². The van der Waals surface area contributed by atoms with E-state index in [2.05, 4.69) is 43.4 Å². The molecule has 0 aliphatic rings. The van der Waals surface area contributed by atoms with Crippen molar-refractivity contribution in [1.29, 1.82) is 0 Å². The van der Waals surface area contributed by atoms with Crippen LogP contribution in [0.5, 0.6) is 0 Å². The molecular weight excluding hydrogens is 841 g/mol. The van der Waals surface area contributed by atoms with Crippen molar-refractivity contribution in [3.8, 4) is 0 Å². The highest BCUT2D eigenvalue weighted by molar-refractivity contribution is 7.94. The molecule has 0 aliphatic carbocycles. The summed E-state index contributed by atoms with van der Waals surface area (Å²) >= 11 is 0.449. The molecule has 3 rings (SSSR count). The van der Waals surface area contributed by atoms with E-state index in [1.807, 2.05) is 0 Å². The molecule has 53 heavy (non-hydrogen) atoms. The van der Waals surface area contributed by atoms with Crippen LogP contribution in [-0.2, 0) is 67.3 Å². The van der Waals surface area contributed by atoms with Crippen LogP contribution in [0.1, 0.15) is 5.56 Å². The summed E-state index contributed by atoms with van der Waals surface area (Å²) < 4.78 is 132. The monoisotopic (exact) mass is 866 g/mol. The third-order valence-corrected chi connectivity index (χ3v) is 12.2. The van der Waals surface area contributed by atoms with Gasteiger partial charge in [0.2, 0.25) is 0 Å². The molecule has 0 radical (unpaired) electrons. The number of nitrogens with zero attached hydrogens (tertiary/aromatic N) is 4. The topological polar surface area (TPSA) is 374 Å². The molecule has 0 heterocycles. The van der Waals surface area contributed by atoms with Gasteiger partial charge in [-0.25, -0.2) is 31.5 Å². The van der Waals surface area contributed by atoms with Gasteiger partial charge in [0.25, 0.3) is 10.1 Å². The van der Waals surface area contributed by atoms with E-state index in [0.29, 0.717) is 18.1 Å². The van der Waals surface area contributed by atoms with E-state index < -0.39 is 80.4 Å². The summed E-state index contributed by atoms with van der Waals surface area (Å²) in [6.45, 7) is 0.0827. The number of benzene rings is 3. The Bertz CT molecular complexity index is 2290. The molecule has 0 saturated carbocycles. The average Bonchev–Trinajstić information content (AvgIpc) is 3.07. The Labute approximate surface area is 309 Å². The zero-order valence-electron chi connectivity index (χ0n) is 26.3. The Morgan fingerprint density at radius 1 is 0.717 bits per heavy atom. The first-order valence-corrected chi connectivity index (χ1v) is 21.0. The molecule has 8 N–H and O–H groups in total. The van der Waals surface area contributed by atoms with E-state index >= 15 is 0 Å². The summed E-state index contributed by atoms with van der Waals surface area (Å²) in [7, 11) is -18.3. The molecule has 0 atom stereocenters. The number of hydrogen-bond acceptors (Lipinski definition) is 24. The van der Waals surface area contributed by atoms with Gasteiger partial charge >= 0.3 is 10.4 Å². The third kappa shape index (κ3) is 12.6. The van der Waals surface area contributed by atoms with E-state index in [1.54, 1.807) is 0 Å². The summed E-state index contributed by atoms with van der Waals surface area (Å²) in [4.78, 5) is -1.85. The predicted molar refractivity (Wildman–Crippen MR) is 182 cm³/mol. The van der Waals surface area contributed by atoms with E-state index in [1.165, 1.54) is 19.1 Å². The highest BCUT2D eigenvalue weighted by atomic mass is 32.3. The third-order valence-electron chi connectivity index (χ3n) is 6.29. The standard InChI is InChI=1S/C23H26N6O18S6/c1-13-19(24)21(28-26-14-2-4-15(5-3-14)50(32,33)11-9-43-53(39,40)41)20(25)22(23(13)48-46-44-30)29-27-17-7-6-16(12-18(17)52(36,37)38)51(34,35)10-8-42-49-47-45-31/h2-7,12,30-31H,8-11,24-25H2,1H3,(H,36,37,38)(H,39,40,41). The van der Waals surface area contributed by atoms with Crippen LogP contribution in [0.4, 0.5) is 34.1 Å². The minimum Gasteiger partial charge on any atom is -0.397 e. The van der Waals surface area contributed by atoms with Crippen LogP contribution >= 0.6 is 24.4 Å². The van der Waals surface area contributed by atoms with Gasteiger partial charge in [-0.1, -0.05) is 10.1 Å². The summed E-state index contributed by atoms with van der Waals surface area (Å²) in [6, 6.07) is 7.18. The molecule has 0 unspecified atom stereocenters. The van der Waals surface area contributed by atoms with Crippen molar-refractivity contribution >= 4 is 98.7 Å². The molecular formula is C23H26N6O18S6. The zero-order chi connectivity index (χ0) is 39.6. The molecule has 0 saturated heterocycles. The summed E-state index contributed by atoms with van der Waals surface area (Å²) in [5.41, 5.74) is 11.1. The van der Waals surface area contributed by atoms with E-state index in [0.717, 1.165) is 24.3 Å². The first-order valence-electron chi connectivity index (χ1n) is 13.5. The van der Waals surface area contributed by atoms with E-state index in [4.69, 9.17) is 30.7 Å². The van der Waals surface area contributed by atoms with Gasteiger partial charge in [-0.3, -0.25) is 13.3 Å². The van der Waals surface area contributed by atoms with Gasteiger partial charge in [0.1, 0.15) is 22.0 Å². The van der Waals surface area contributed by atoms with Gasteiger partial charge in [0.15, 0.2) is 32.0 Å². The SMILES string of the molecule is Cc1c(N)c(N=Nc2ccc(S(=O)(=O)CCOS(=O)(=O)O)cc2)c(N)c(N=Nc2ccc(S(=O)(=O)CCOSOOO)cc2S(=O)(=O)O)c1SOOO. The molecule has 3 aromatic carbocycles. The summed E-state index contributed by atoms with van der Waals surface area (Å²) in [5.74, 6) is -1.49. The van der Waals surface area contributed by atoms with Gasteiger partial charge in [-0.05, 0) is 55.0 Å². The highest BCUT2D eigenvalue weighted by Gasteiger charge is 2.25. The number of sulfone groups is 2. The lowest BCUT2D eigenvalue weighted by Crippen LogP contribution is -2.15. The quantitative estimate of drug-likeness (QED) is 0.0177. The van der Waals surface area contributed by atoms with Crippen molar-refractivity contribution in [3.05, 3.63) is 48.0 Å². The predicted octanol–water partition coefficient (Wildman–Crippen LogP) is 4.03. The molecule has 0 amide bonds. The second-order valence-corrected chi connectivity index (χ2v) is 17.5. The Kier molecular flexibility index (Phi) is 15.5. The number of nitrogen functional groups attached to an aromatic ring is 2. The average molecular weight is 867 g/mol. The minimum atomic E-state index is -5.14. The lowest BCUT2D eigenvalue weighted by Gasteiger charge is -2.14. The molecule has 3 aromatic rings. The fourth-order valence-corrected chi connectivity index (χ4v) is 8.03. The molecule has 0 aliphatic heterocycles. The van der Waals surface area contributed by atoms with Crippen molar-refractivity contribution in [3.63, 3.8) is 0 Å². The van der Waals surface area contributed by atoms with Gasteiger partial charge in [-0.2, -0.15) is 21.9 Å². The number of hydrogen-bond donors (Lipinski definition) is 6. The van der Waals surface area contributed by atoms with Crippen LogP contribution in [0.2, 0.25) is 0 Å². The van der Waals surface area contributed by atoms with Gasteiger partial charge < -0.3 is 11.5 Å². The van der Waals surface area contributed by atoms with Crippen molar-refractivity contribution in [2.75, 3.05) is 36.2 Å². The highest BCUT2D eigenvalue weighted by Crippen LogP contribution is 2.49. The van der Waals surface area contributed by atoms with Crippen LogP contribution in [-0.4, -0.2) is 78.0 Å². The second-order valence-electron chi connectivity index (χ2n) is 9.62. The molecule has 292 valence electrons. The zero-order valence-corrected chi connectivity index (χ0v) is 31.2. The summed E-state index contributed by atoms with van der Waals surface area (Å²) in [6.07, 6.45) is 0. The Balaban J connectivity index is 2.01. The lowest BCUT2D eigenvalue weighted by atomic mass is 10.1.